The first kappa shape index (κ1) is 17.7. The highest BCUT2D eigenvalue weighted by Crippen LogP contribution is 2.26. The highest BCUT2D eigenvalue weighted by Gasteiger charge is 2.29. The molecular formula is C20H27N3O2. The SMILES string of the molecule is Cc1nn(-c2ccccc2)c(C)c1C(=O)NCC1(O)CCCCCC1. The first-order valence-electron chi connectivity index (χ1n) is 9.12. The van der Waals surface area contributed by atoms with Crippen LogP contribution in [0.15, 0.2) is 30.3 Å². The number of carbonyl (C=O) groups is 1. The molecule has 2 N–H and O–H groups in total. The second kappa shape index (κ2) is 7.40. The van der Waals surface area contributed by atoms with E-state index in [4.69, 9.17) is 0 Å². The van der Waals surface area contributed by atoms with Crippen LogP contribution in [-0.4, -0.2) is 32.9 Å². The maximum Gasteiger partial charge on any atom is 0.255 e. The van der Waals surface area contributed by atoms with E-state index in [2.05, 4.69) is 10.4 Å². The number of para-hydroxylation sites is 1. The maximum atomic E-state index is 12.7. The Bertz CT molecular complexity index is 729. The molecule has 1 heterocycles. The van der Waals surface area contributed by atoms with Crippen molar-refractivity contribution in [2.45, 2.75) is 58.0 Å². The van der Waals surface area contributed by atoms with Crippen LogP contribution in [0.5, 0.6) is 0 Å². The van der Waals surface area contributed by atoms with Gasteiger partial charge in [-0.05, 0) is 38.8 Å². The maximum absolute atomic E-state index is 12.7. The Morgan fingerprint density at radius 2 is 1.80 bits per heavy atom. The molecule has 5 nitrogen and oxygen atoms in total. The summed E-state index contributed by atoms with van der Waals surface area (Å²) in [7, 11) is 0. The minimum Gasteiger partial charge on any atom is -0.388 e. The van der Waals surface area contributed by atoms with Crippen LogP contribution in [0.3, 0.4) is 0 Å². The molecule has 0 unspecified atom stereocenters. The number of aromatic nitrogens is 2. The van der Waals surface area contributed by atoms with Crippen LogP contribution in [0.4, 0.5) is 0 Å². The van der Waals surface area contributed by atoms with Crippen molar-refractivity contribution in [3.05, 3.63) is 47.3 Å². The molecule has 3 rings (SSSR count). The predicted octanol–water partition coefficient (Wildman–Crippen LogP) is 3.30. The Morgan fingerprint density at radius 1 is 1.16 bits per heavy atom. The molecule has 2 aromatic rings. The zero-order chi connectivity index (χ0) is 17.9. The lowest BCUT2D eigenvalue weighted by Gasteiger charge is -2.26. The van der Waals surface area contributed by atoms with Crippen molar-refractivity contribution in [1.29, 1.82) is 0 Å². The van der Waals surface area contributed by atoms with Gasteiger partial charge in [0, 0.05) is 6.54 Å². The summed E-state index contributed by atoms with van der Waals surface area (Å²) in [6.07, 6.45) is 5.90. The Morgan fingerprint density at radius 3 is 2.44 bits per heavy atom. The fourth-order valence-electron chi connectivity index (χ4n) is 3.69. The third kappa shape index (κ3) is 3.93. The number of hydrogen-bond donors (Lipinski definition) is 2. The average Bonchev–Trinajstić information content (AvgIpc) is 2.77. The molecule has 0 spiro atoms. The van der Waals surface area contributed by atoms with Crippen molar-refractivity contribution in [2.75, 3.05) is 6.54 Å². The fraction of sp³-hybridized carbons (Fsp3) is 0.500. The van der Waals surface area contributed by atoms with Crippen LogP contribution in [0.1, 0.15) is 60.3 Å². The Kier molecular flexibility index (Phi) is 5.23. The molecule has 1 amide bonds. The van der Waals surface area contributed by atoms with Gasteiger partial charge in [-0.3, -0.25) is 4.79 Å². The molecule has 1 fully saturated rings. The van der Waals surface area contributed by atoms with Gasteiger partial charge in [0.05, 0.1) is 28.2 Å². The molecule has 0 bridgehead atoms. The molecule has 0 atom stereocenters. The standard InChI is InChI=1S/C20H27N3O2/c1-15-18(16(2)23(22-15)17-10-6-5-7-11-17)19(24)21-14-20(25)12-8-3-4-9-13-20/h5-7,10-11,25H,3-4,8-9,12-14H2,1-2H3,(H,21,24). The van der Waals surface area contributed by atoms with E-state index in [9.17, 15) is 9.90 Å². The fourth-order valence-corrected chi connectivity index (χ4v) is 3.69. The van der Waals surface area contributed by atoms with Gasteiger partial charge in [-0.1, -0.05) is 43.9 Å². The first-order chi connectivity index (χ1) is 12.0. The van der Waals surface area contributed by atoms with Crippen molar-refractivity contribution in [3.63, 3.8) is 0 Å². The van der Waals surface area contributed by atoms with E-state index in [1.807, 2.05) is 44.2 Å². The van der Waals surface area contributed by atoms with E-state index in [-0.39, 0.29) is 5.91 Å². The highest BCUT2D eigenvalue weighted by atomic mass is 16.3. The Labute approximate surface area is 149 Å². The molecule has 0 radical (unpaired) electrons. The lowest BCUT2D eigenvalue weighted by Crippen LogP contribution is -2.42. The van der Waals surface area contributed by atoms with Gasteiger partial charge in [-0.15, -0.1) is 0 Å². The van der Waals surface area contributed by atoms with Gasteiger partial charge in [0.15, 0.2) is 0 Å². The second-order valence-electron chi connectivity index (χ2n) is 7.11. The van der Waals surface area contributed by atoms with Crippen molar-refractivity contribution in [2.24, 2.45) is 0 Å². The number of nitrogens with one attached hydrogen (secondary N) is 1. The van der Waals surface area contributed by atoms with Crippen molar-refractivity contribution in [1.82, 2.24) is 15.1 Å². The van der Waals surface area contributed by atoms with E-state index < -0.39 is 5.60 Å². The summed E-state index contributed by atoms with van der Waals surface area (Å²) >= 11 is 0. The predicted molar refractivity (Wildman–Crippen MR) is 98.0 cm³/mol. The van der Waals surface area contributed by atoms with Gasteiger partial charge in [0.1, 0.15) is 0 Å². The summed E-state index contributed by atoms with van der Waals surface area (Å²) in [5, 5.41) is 18.2. The number of amides is 1. The third-order valence-electron chi connectivity index (χ3n) is 5.13. The largest absolute Gasteiger partial charge is 0.388 e. The zero-order valence-corrected chi connectivity index (χ0v) is 15.1. The summed E-state index contributed by atoms with van der Waals surface area (Å²) in [6, 6.07) is 9.79. The number of carbonyl (C=O) groups excluding carboxylic acids is 1. The summed E-state index contributed by atoms with van der Waals surface area (Å²) in [5.41, 5.74) is 2.27. The van der Waals surface area contributed by atoms with Crippen molar-refractivity contribution >= 4 is 5.91 Å². The number of benzene rings is 1. The van der Waals surface area contributed by atoms with Crippen LogP contribution >= 0.6 is 0 Å². The summed E-state index contributed by atoms with van der Waals surface area (Å²) in [6.45, 7) is 4.06. The molecule has 1 aliphatic carbocycles. The molecule has 1 aliphatic rings. The lowest BCUT2D eigenvalue weighted by molar-refractivity contribution is 0.0246. The van der Waals surface area contributed by atoms with Crippen molar-refractivity contribution in [3.8, 4) is 5.69 Å². The first-order valence-corrected chi connectivity index (χ1v) is 9.12. The molecule has 0 saturated heterocycles. The smallest absolute Gasteiger partial charge is 0.255 e. The van der Waals surface area contributed by atoms with Crippen molar-refractivity contribution < 1.29 is 9.90 Å². The summed E-state index contributed by atoms with van der Waals surface area (Å²) in [4.78, 5) is 12.7. The normalized spacial score (nSPS) is 17.1. The Balaban J connectivity index is 1.75. The molecule has 1 aromatic carbocycles. The zero-order valence-electron chi connectivity index (χ0n) is 15.1. The minimum absolute atomic E-state index is 0.158. The molecular weight excluding hydrogens is 314 g/mol. The van der Waals surface area contributed by atoms with Gasteiger partial charge in [0.25, 0.3) is 5.91 Å². The van der Waals surface area contributed by atoms with Crippen LogP contribution in [0, 0.1) is 13.8 Å². The average molecular weight is 341 g/mol. The number of nitrogens with zero attached hydrogens (tertiary/aromatic N) is 2. The molecule has 5 heteroatoms. The van der Waals surface area contributed by atoms with Gasteiger partial charge >= 0.3 is 0 Å². The minimum atomic E-state index is -0.774. The van der Waals surface area contributed by atoms with E-state index in [1.54, 1.807) is 4.68 Å². The second-order valence-corrected chi connectivity index (χ2v) is 7.11. The van der Waals surface area contributed by atoms with Crippen LogP contribution in [-0.2, 0) is 0 Å². The molecule has 1 aromatic heterocycles. The van der Waals surface area contributed by atoms with Gasteiger partial charge < -0.3 is 10.4 Å². The van der Waals surface area contributed by atoms with Gasteiger partial charge in [-0.2, -0.15) is 5.10 Å². The molecule has 0 aliphatic heterocycles. The van der Waals surface area contributed by atoms with Crippen LogP contribution in [0.25, 0.3) is 5.69 Å². The van der Waals surface area contributed by atoms with Gasteiger partial charge in [-0.25, -0.2) is 4.68 Å². The van der Waals surface area contributed by atoms with Crippen LogP contribution < -0.4 is 5.32 Å². The molecule has 1 saturated carbocycles. The van der Waals surface area contributed by atoms with Gasteiger partial charge in [0.2, 0.25) is 0 Å². The number of hydrogen-bond acceptors (Lipinski definition) is 3. The topological polar surface area (TPSA) is 67.2 Å². The number of rotatable bonds is 4. The van der Waals surface area contributed by atoms with E-state index in [0.29, 0.717) is 17.8 Å². The third-order valence-corrected chi connectivity index (χ3v) is 5.13. The highest BCUT2D eigenvalue weighted by molar-refractivity contribution is 5.96. The number of aliphatic hydroxyl groups is 1. The molecule has 25 heavy (non-hydrogen) atoms. The summed E-state index contributed by atoms with van der Waals surface area (Å²) in [5.74, 6) is -0.158. The monoisotopic (exact) mass is 341 g/mol. The number of aryl methyl sites for hydroxylation is 1. The van der Waals surface area contributed by atoms with E-state index in [1.165, 1.54) is 0 Å². The lowest BCUT2D eigenvalue weighted by atomic mass is 9.94. The molecule has 134 valence electrons. The van der Waals surface area contributed by atoms with Crippen LogP contribution in [0.2, 0.25) is 0 Å². The quantitative estimate of drug-likeness (QED) is 0.839. The summed E-state index contributed by atoms with van der Waals surface area (Å²) < 4.78 is 1.80. The Hall–Kier alpha value is -2.14. The van der Waals surface area contributed by atoms with E-state index in [0.717, 1.165) is 49.9 Å². The van der Waals surface area contributed by atoms with E-state index >= 15 is 0 Å².